The van der Waals surface area contributed by atoms with Crippen LogP contribution in [0.3, 0.4) is 0 Å². The molecule has 0 saturated heterocycles. The number of nitrogens with two attached hydrogens (primary N) is 1. The molecule has 0 aliphatic heterocycles. The summed E-state index contributed by atoms with van der Waals surface area (Å²) in [5.41, 5.74) is 7.37. The molecule has 28 heavy (non-hydrogen) atoms. The second kappa shape index (κ2) is 8.81. The Hall–Kier alpha value is -3.68. The maximum absolute atomic E-state index is 10.6. The molecule has 0 aliphatic rings. The van der Waals surface area contributed by atoms with Gasteiger partial charge in [-0.15, -0.1) is 0 Å². The van der Waals surface area contributed by atoms with Crippen LogP contribution in [0.2, 0.25) is 0 Å². The fraction of sp³-hybridized carbons (Fsp3) is 0.200. The average molecular weight is 383 g/mol. The van der Waals surface area contributed by atoms with Gasteiger partial charge in [0.15, 0.2) is 5.76 Å². The van der Waals surface area contributed by atoms with Crippen molar-refractivity contribution < 1.29 is 23.4 Å². The maximum atomic E-state index is 10.6. The van der Waals surface area contributed by atoms with Crippen molar-refractivity contribution in [2.24, 2.45) is 5.73 Å². The third-order valence-corrected chi connectivity index (χ3v) is 3.93. The van der Waals surface area contributed by atoms with Crippen molar-refractivity contribution in [1.82, 2.24) is 10.3 Å². The van der Waals surface area contributed by atoms with Gasteiger partial charge in [-0.2, -0.15) is 4.98 Å². The highest BCUT2D eigenvalue weighted by atomic mass is 16.6. The molecule has 0 aliphatic carbocycles. The van der Waals surface area contributed by atoms with E-state index in [1.165, 1.54) is 7.11 Å². The fourth-order valence-corrected chi connectivity index (χ4v) is 2.57. The van der Waals surface area contributed by atoms with Crippen molar-refractivity contribution >= 4 is 6.03 Å². The first-order valence-corrected chi connectivity index (χ1v) is 8.56. The Kier molecular flexibility index (Phi) is 6.01. The van der Waals surface area contributed by atoms with E-state index in [4.69, 9.17) is 24.4 Å². The standard InChI is InChI=1S/C20H21N3O5/c1-25-15-7-3-13(4-8-15)17-18(28-20(23-17)26-2)14-5-9-16(10-6-14)27-12-11-22-19(21)24/h3-10H,11-12H2,1-2H3,(H3,21,22,24). The number of methoxy groups -OCH3 is 2. The smallest absolute Gasteiger partial charge is 0.394 e. The highest BCUT2D eigenvalue weighted by molar-refractivity contribution is 5.77. The van der Waals surface area contributed by atoms with Gasteiger partial charge in [0.05, 0.1) is 20.8 Å². The van der Waals surface area contributed by atoms with Crippen LogP contribution in [0.15, 0.2) is 52.9 Å². The van der Waals surface area contributed by atoms with Crippen LogP contribution in [-0.4, -0.2) is 38.4 Å². The minimum absolute atomic E-state index is 0.179. The molecule has 1 heterocycles. The molecule has 8 heteroatoms. The van der Waals surface area contributed by atoms with Gasteiger partial charge in [0.1, 0.15) is 23.8 Å². The molecule has 0 radical (unpaired) electrons. The first-order valence-electron chi connectivity index (χ1n) is 8.56. The van der Waals surface area contributed by atoms with Gasteiger partial charge in [0, 0.05) is 11.1 Å². The Morgan fingerprint density at radius 1 is 1.00 bits per heavy atom. The molecule has 1 aromatic heterocycles. The van der Waals surface area contributed by atoms with Crippen LogP contribution in [0.4, 0.5) is 4.79 Å². The molecule has 3 N–H and O–H groups in total. The van der Waals surface area contributed by atoms with E-state index >= 15 is 0 Å². The summed E-state index contributed by atoms with van der Waals surface area (Å²) >= 11 is 0. The molecule has 3 rings (SSSR count). The second-order valence-corrected chi connectivity index (χ2v) is 5.75. The lowest BCUT2D eigenvalue weighted by Crippen LogP contribution is -2.32. The molecule has 2 amide bonds. The van der Waals surface area contributed by atoms with Gasteiger partial charge in [0.25, 0.3) is 0 Å². The van der Waals surface area contributed by atoms with Gasteiger partial charge in [-0.05, 0) is 48.5 Å². The van der Waals surface area contributed by atoms with Gasteiger partial charge in [-0.1, -0.05) is 0 Å². The Bertz CT molecular complexity index is 920. The van der Waals surface area contributed by atoms with Crippen LogP contribution in [0.1, 0.15) is 0 Å². The summed E-state index contributed by atoms with van der Waals surface area (Å²) in [6.07, 6.45) is 0.179. The molecule has 8 nitrogen and oxygen atoms in total. The number of urea groups is 1. The summed E-state index contributed by atoms with van der Waals surface area (Å²) in [6, 6.07) is 14.3. The van der Waals surface area contributed by atoms with Crippen LogP contribution in [0.25, 0.3) is 22.6 Å². The number of benzene rings is 2. The van der Waals surface area contributed by atoms with Crippen LogP contribution >= 0.6 is 0 Å². The summed E-state index contributed by atoms with van der Waals surface area (Å²) in [5, 5.41) is 2.46. The van der Waals surface area contributed by atoms with Crippen molar-refractivity contribution in [2.75, 3.05) is 27.4 Å². The van der Waals surface area contributed by atoms with Gasteiger partial charge in [-0.3, -0.25) is 0 Å². The maximum Gasteiger partial charge on any atom is 0.394 e. The van der Waals surface area contributed by atoms with E-state index in [1.807, 2.05) is 48.5 Å². The number of ether oxygens (including phenoxy) is 3. The minimum atomic E-state index is -0.579. The summed E-state index contributed by atoms with van der Waals surface area (Å²) in [6.45, 7) is 0.646. The fourth-order valence-electron chi connectivity index (χ4n) is 2.57. The van der Waals surface area contributed by atoms with Crippen LogP contribution in [0.5, 0.6) is 17.6 Å². The average Bonchev–Trinajstić information content (AvgIpc) is 3.16. The largest absolute Gasteiger partial charge is 0.497 e. The van der Waals surface area contributed by atoms with Gasteiger partial charge >= 0.3 is 12.1 Å². The molecule has 3 aromatic rings. The van der Waals surface area contributed by atoms with Crippen LogP contribution in [0, 0.1) is 0 Å². The lowest BCUT2D eigenvalue weighted by molar-refractivity contribution is 0.244. The number of hydrogen-bond acceptors (Lipinski definition) is 6. The number of primary amides is 1. The summed E-state index contributed by atoms with van der Waals surface area (Å²) in [5.74, 6) is 2.00. The molecule has 146 valence electrons. The molecule has 0 fully saturated rings. The Morgan fingerprint density at radius 3 is 2.25 bits per heavy atom. The van der Waals surface area contributed by atoms with E-state index in [2.05, 4.69) is 10.3 Å². The zero-order valence-electron chi connectivity index (χ0n) is 15.6. The number of nitrogens with one attached hydrogen (secondary N) is 1. The first kappa shape index (κ1) is 19.1. The predicted octanol–water partition coefficient (Wildman–Crippen LogP) is 3.07. The number of oxazole rings is 1. The number of hydrogen-bond donors (Lipinski definition) is 2. The van der Waals surface area contributed by atoms with Gasteiger partial charge in [-0.25, -0.2) is 4.79 Å². The quantitative estimate of drug-likeness (QED) is 0.579. The number of carbonyl (C=O) groups excluding carboxylic acids is 1. The first-order chi connectivity index (χ1) is 13.6. The monoisotopic (exact) mass is 383 g/mol. The van der Waals surface area contributed by atoms with E-state index < -0.39 is 6.03 Å². The number of carbonyl (C=O) groups is 1. The summed E-state index contributed by atoms with van der Waals surface area (Å²) < 4.78 is 21.7. The number of nitrogens with zero attached hydrogens (tertiary/aromatic N) is 1. The van der Waals surface area contributed by atoms with E-state index in [9.17, 15) is 4.79 Å². The number of rotatable bonds is 8. The van der Waals surface area contributed by atoms with Crippen molar-refractivity contribution in [1.29, 1.82) is 0 Å². The van der Waals surface area contributed by atoms with E-state index in [-0.39, 0.29) is 6.08 Å². The van der Waals surface area contributed by atoms with E-state index in [0.29, 0.717) is 30.4 Å². The summed E-state index contributed by atoms with van der Waals surface area (Å²) in [7, 11) is 3.12. The molecule has 0 unspecified atom stereocenters. The van der Waals surface area contributed by atoms with Gasteiger partial charge < -0.3 is 29.7 Å². The topological polar surface area (TPSA) is 109 Å². The predicted molar refractivity (Wildman–Crippen MR) is 104 cm³/mol. The van der Waals surface area contributed by atoms with Crippen LogP contribution < -0.4 is 25.3 Å². The highest BCUT2D eigenvalue weighted by Gasteiger charge is 2.17. The van der Waals surface area contributed by atoms with E-state index in [0.717, 1.165) is 16.9 Å². The number of amides is 2. The summed E-state index contributed by atoms with van der Waals surface area (Å²) in [4.78, 5) is 15.1. The minimum Gasteiger partial charge on any atom is -0.497 e. The molecule has 0 saturated carbocycles. The molecule has 0 spiro atoms. The Morgan fingerprint density at radius 2 is 1.64 bits per heavy atom. The highest BCUT2D eigenvalue weighted by Crippen LogP contribution is 2.36. The zero-order valence-corrected chi connectivity index (χ0v) is 15.6. The van der Waals surface area contributed by atoms with Crippen molar-refractivity contribution in [2.45, 2.75) is 0 Å². The molecule has 2 aromatic carbocycles. The van der Waals surface area contributed by atoms with Crippen LogP contribution in [-0.2, 0) is 0 Å². The van der Waals surface area contributed by atoms with Crippen molar-refractivity contribution in [3.8, 4) is 40.2 Å². The van der Waals surface area contributed by atoms with Crippen molar-refractivity contribution in [3.63, 3.8) is 0 Å². The lowest BCUT2D eigenvalue weighted by Gasteiger charge is -2.07. The Balaban J connectivity index is 1.80. The molecule has 0 bridgehead atoms. The number of aromatic nitrogens is 1. The van der Waals surface area contributed by atoms with Gasteiger partial charge in [0.2, 0.25) is 0 Å². The molecule has 0 atom stereocenters. The third kappa shape index (κ3) is 4.53. The molecular formula is C20H21N3O5. The zero-order chi connectivity index (χ0) is 19.9. The molecular weight excluding hydrogens is 362 g/mol. The second-order valence-electron chi connectivity index (χ2n) is 5.75. The third-order valence-electron chi connectivity index (χ3n) is 3.93. The Labute approximate surface area is 162 Å². The SMILES string of the molecule is COc1ccc(-c2nc(OC)oc2-c2ccc(OCCNC(N)=O)cc2)cc1. The normalized spacial score (nSPS) is 10.4. The lowest BCUT2D eigenvalue weighted by atomic mass is 10.1. The van der Waals surface area contributed by atoms with Crippen molar-refractivity contribution in [3.05, 3.63) is 48.5 Å². The van der Waals surface area contributed by atoms with E-state index in [1.54, 1.807) is 7.11 Å².